The van der Waals surface area contributed by atoms with Crippen LogP contribution in [-0.2, 0) is 19.1 Å². The Labute approximate surface area is 178 Å². The number of carbonyl (C=O) groups excluding carboxylic acids is 4. The topological polar surface area (TPSA) is 120 Å². The molecule has 1 N–H and O–H groups in total. The Hall–Kier alpha value is -4.19. The fraction of sp³-hybridized carbons (Fsp3) is 0.227. The highest BCUT2D eigenvalue weighted by atomic mass is 16.5. The molecule has 3 rings (SSSR count). The molecule has 0 atom stereocenters. The number of hydrogen-bond donors (Lipinski definition) is 1. The number of rotatable bonds is 7. The fourth-order valence-electron chi connectivity index (χ4n) is 2.99. The molecule has 3 amide bonds. The van der Waals surface area contributed by atoms with Gasteiger partial charge in [-0.2, -0.15) is 5.26 Å². The van der Waals surface area contributed by atoms with E-state index in [4.69, 9.17) is 10.00 Å². The lowest BCUT2D eigenvalue weighted by molar-refractivity contribution is -0.130. The maximum absolute atomic E-state index is 12.6. The number of anilines is 2. The summed E-state index contributed by atoms with van der Waals surface area (Å²) in [6.07, 6.45) is 0.394. The minimum absolute atomic E-state index is 0.113. The van der Waals surface area contributed by atoms with Gasteiger partial charge < -0.3 is 9.64 Å². The van der Waals surface area contributed by atoms with Gasteiger partial charge in [-0.3, -0.25) is 19.8 Å². The number of nitrogens with zero attached hydrogens (tertiary/aromatic N) is 3. The highest BCUT2D eigenvalue weighted by Gasteiger charge is 2.24. The van der Waals surface area contributed by atoms with Gasteiger partial charge >= 0.3 is 5.97 Å². The largest absolute Gasteiger partial charge is 0.452 e. The molecule has 0 saturated carbocycles. The minimum Gasteiger partial charge on any atom is -0.452 e. The highest BCUT2D eigenvalue weighted by Crippen LogP contribution is 2.18. The van der Waals surface area contributed by atoms with Crippen LogP contribution in [0.2, 0.25) is 0 Å². The number of nitriles is 1. The van der Waals surface area contributed by atoms with E-state index >= 15 is 0 Å². The third-order valence-corrected chi connectivity index (χ3v) is 4.56. The monoisotopic (exact) mass is 420 g/mol. The van der Waals surface area contributed by atoms with E-state index in [1.807, 2.05) is 12.1 Å². The van der Waals surface area contributed by atoms with Crippen molar-refractivity contribution in [3.05, 3.63) is 60.2 Å². The summed E-state index contributed by atoms with van der Waals surface area (Å²) in [5, 5.41) is 9.97. The van der Waals surface area contributed by atoms with Crippen molar-refractivity contribution in [3.63, 3.8) is 0 Å². The molecular formula is C22H20N4O5. The molecule has 0 aromatic heterocycles. The Morgan fingerprint density at radius 3 is 2.45 bits per heavy atom. The normalized spacial score (nSPS) is 13.2. The molecule has 1 heterocycles. The molecule has 2 aromatic rings. The number of carbonyl (C=O) groups is 4. The standard InChI is InChI=1S/C22H20N4O5/c23-13-4-14-25(17-5-2-1-3-6-17)21(29)15-31-22(30)16-7-9-18(10-8-16)26-20(28)12-11-19(27)24-26/h1-3,5-10H,4,11-12,14-15H2,(H,24,27). The van der Waals surface area contributed by atoms with Crippen molar-refractivity contribution in [3.8, 4) is 6.07 Å². The quantitative estimate of drug-likeness (QED) is 0.684. The zero-order chi connectivity index (χ0) is 22.2. The second-order valence-corrected chi connectivity index (χ2v) is 6.68. The van der Waals surface area contributed by atoms with Gasteiger partial charge in [0.2, 0.25) is 11.8 Å². The first-order chi connectivity index (χ1) is 15.0. The molecule has 0 bridgehead atoms. The van der Waals surface area contributed by atoms with E-state index in [0.29, 0.717) is 11.4 Å². The van der Waals surface area contributed by atoms with Gasteiger partial charge in [0.15, 0.2) is 6.61 Å². The van der Waals surface area contributed by atoms with Gasteiger partial charge in [0, 0.05) is 25.1 Å². The number of esters is 1. The summed E-state index contributed by atoms with van der Waals surface area (Å²) in [5.74, 6) is -1.67. The Morgan fingerprint density at radius 2 is 1.77 bits per heavy atom. The average molecular weight is 420 g/mol. The number of hydrogen-bond acceptors (Lipinski definition) is 6. The second kappa shape index (κ2) is 10.0. The van der Waals surface area contributed by atoms with Crippen molar-refractivity contribution in [1.29, 1.82) is 5.26 Å². The van der Waals surface area contributed by atoms with Crippen molar-refractivity contribution in [1.82, 2.24) is 5.43 Å². The van der Waals surface area contributed by atoms with Crippen LogP contribution in [0.4, 0.5) is 11.4 Å². The van der Waals surface area contributed by atoms with Gasteiger partial charge in [-0.25, -0.2) is 9.80 Å². The summed E-state index contributed by atoms with van der Waals surface area (Å²) in [6.45, 7) is -0.303. The van der Waals surface area contributed by atoms with Crippen LogP contribution in [-0.4, -0.2) is 36.8 Å². The van der Waals surface area contributed by atoms with Crippen molar-refractivity contribution in [2.24, 2.45) is 0 Å². The maximum atomic E-state index is 12.6. The summed E-state index contributed by atoms with van der Waals surface area (Å²) in [5.41, 5.74) is 3.68. The van der Waals surface area contributed by atoms with Gasteiger partial charge in [0.05, 0.1) is 23.7 Å². The zero-order valence-electron chi connectivity index (χ0n) is 16.6. The predicted octanol–water partition coefficient (Wildman–Crippen LogP) is 1.95. The summed E-state index contributed by atoms with van der Waals surface area (Å²) < 4.78 is 5.13. The average Bonchev–Trinajstić information content (AvgIpc) is 2.80. The molecule has 1 aliphatic rings. The summed E-state index contributed by atoms with van der Waals surface area (Å²) in [4.78, 5) is 49.7. The van der Waals surface area contributed by atoms with Crippen LogP contribution in [0.25, 0.3) is 0 Å². The van der Waals surface area contributed by atoms with E-state index in [1.54, 1.807) is 24.3 Å². The van der Waals surface area contributed by atoms with Gasteiger partial charge in [0.1, 0.15) is 0 Å². The van der Waals surface area contributed by atoms with Crippen molar-refractivity contribution >= 4 is 35.1 Å². The van der Waals surface area contributed by atoms with Crippen LogP contribution in [0.3, 0.4) is 0 Å². The summed E-state index contributed by atoms with van der Waals surface area (Å²) in [6, 6.07) is 16.7. The lowest BCUT2D eigenvalue weighted by atomic mass is 10.2. The molecule has 31 heavy (non-hydrogen) atoms. The summed E-state index contributed by atoms with van der Waals surface area (Å²) >= 11 is 0. The Bertz CT molecular complexity index is 1010. The van der Waals surface area contributed by atoms with E-state index in [-0.39, 0.29) is 43.2 Å². The third kappa shape index (κ3) is 5.45. The predicted molar refractivity (Wildman–Crippen MR) is 111 cm³/mol. The minimum atomic E-state index is -0.706. The van der Waals surface area contributed by atoms with Gasteiger partial charge in [-0.1, -0.05) is 18.2 Å². The number of hydrazine groups is 1. The lowest BCUT2D eigenvalue weighted by Gasteiger charge is -2.27. The third-order valence-electron chi connectivity index (χ3n) is 4.56. The second-order valence-electron chi connectivity index (χ2n) is 6.68. The number of nitrogens with one attached hydrogen (secondary N) is 1. The first kappa shape index (κ1) is 21.5. The molecule has 0 spiro atoms. The molecule has 0 aliphatic carbocycles. The van der Waals surface area contributed by atoms with Gasteiger partial charge in [0.25, 0.3) is 5.91 Å². The van der Waals surface area contributed by atoms with E-state index in [9.17, 15) is 19.2 Å². The lowest BCUT2D eigenvalue weighted by Crippen LogP contribution is -2.50. The van der Waals surface area contributed by atoms with Crippen LogP contribution in [0.15, 0.2) is 54.6 Å². The Balaban J connectivity index is 1.61. The number of amides is 3. The van der Waals surface area contributed by atoms with Crippen molar-refractivity contribution in [2.75, 3.05) is 23.1 Å². The first-order valence-electron chi connectivity index (χ1n) is 9.61. The molecule has 2 aromatic carbocycles. The fourth-order valence-corrected chi connectivity index (χ4v) is 2.99. The van der Waals surface area contributed by atoms with Crippen LogP contribution in [0.1, 0.15) is 29.6 Å². The summed E-state index contributed by atoms with van der Waals surface area (Å²) in [7, 11) is 0. The van der Waals surface area contributed by atoms with Crippen LogP contribution < -0.4 is 15.3 Å². The van der Waals surface area contributed by atoms with E-state index < -0.39 is 18.5 Å². The molecule has 1 aliphatic heterocycles. The van der Waals surface area contributed by atoms with Crippen LogP contribution >= 0.6 is 0 Å². The first-order valence-corrected chi connectivity index (χ1v) is 9.61. The Kier molecular flexibility index (Phi) is 6.96. The molecule has 9 nitrogen and oxygen atoms in total. The molecule has 1 saturated heterocycles. The van der Waals surface area contributed by atoms with Crippen molar-refractivity contribution in [2.45, 2.75) is 19.3 Å². The van der Waals surface area contributed by atoms with E-state index in [0.717, 1.165) is 5.01 Å². The number of benzene rings is 2. The van der Waals surface area contributed by atoms with E-state index in [2.05, 4.69) is 5.43 Å². The zero-order valence-corrected chi connectivity index (χ0v) is 16.6. The number of para-hydroxylation sites is 1. The maximum Gasteiger partial charge on any atom is 0.338 e. The molecule has 1 fully saturated rings. The smallest absolute Gasteiger partial charge is 0.338 e. The number of ether oxygens (including phenoxy) is 1. The molecule has 158 valence electrons. The molecule has 0 radical (unpaired) electrons. The van der Waals surface area contributed by atoms with Crippen LogP contribution in [0.5, 0.6) is 0 Å². The SMILES string of the molecule is N#CCCN(C(=O)COC(=O)c1ccc(N2NC(=O)CCC2=O)cc1)c1ccccc1. The molecule has 9 heteroatoms. The Morgan fingerprint density at radius 1 is 1.06 bits per heavy atom. The van der Waals surface area contributed by atoms with E-state index in [1.165, 1.54) is 29.2 Å². The molecular weight excluding hydrogens is 400 g/mol. The van der Waals surface area contributed by atoms with Crippen LogP contribution in [0, 0.1) is 11.3 Å². The van der Waals surface area contributed by atoms with Crippen molar-refractivity contribution < 1.29 is 23.9 Å². The molecule has 0 unspecified atom stereocenters. The highest BCUT2D eigenvalue weighted by molar-refractivity contribution is 6.01. The van der Waals surface area contributed by atoms with Gasteiger partial charge in [-0.05, 0) is 36.4 Å². The van der Waals surface area contributed by atoms with Gasteiger partial charge in [-0.15, -0.1) is 0 Å².